The second-order valence-electron chi connectivity index (χ2n) is 8.39. The van der Waals surface area contributed by atoms with Crippen LogP contribution in [0.1, 0.15) is 58.6 Å². The van der Waals surface area contributed by atoms with Gasteiger partial charge in [-0.15, -0.1) is 0 Å². The molecule has 25 heavy (non-hydrogen) atoms. The van der Waals surface area contributed by atoms with Crippen LogP contribution in [-0.4, -0.2) is 28.9 Å². The van der Waals surface area contributed by atoms with Crippen LogP contribution in [0.5, 0.6) is 0 Å². The van der Waals surface area contributed by atoms with Crippen molar-refractivity contribution in [3.8, 4) is 0 Å². The summed E-state index contributed by atoms with van der Waals surface area (Å²) in [6.07, 6.45) is 2.38. The predicted molar refractivity (Wildman–Crippen MR) is 102 cm³/mol. The molecule has 1 aliphatic heterocycles. The lowest BCUT2D eigenvalue weighted by atomic mass is 9.79. The third kappa shape index (κ3) is 5.05. The predicted octanol–water partition coefficient (Wildman–Crippen LogP) is 2.92. The van der Waals surface area contributed by atoms with E-state index in [1.807, 2.05) is 32.0 Å². The second-order valence-corrected chi connectivity index (χ2v) is 8.39. The Morgan fingerprint density at radius 3 is 2.28 bits per heavy atom. The number of para-hydroxylation sites is 1. The van der Waals surface area contributed by atoms with Crippen molar-refractivity contribution in [1.82, 2.24) is 10.6 Å². The fourth-order valence-electron chi connectivity index (χ4n) is 4.05. The molecule has 0 atom stereocenters. The van der Waals surface area contributed by atoms with Gasteiger partial charge in [0.1, 0.15) is 0 Å². The van der Waals surface area contributed by atoms with E-state index in [4.69, 9.17) is 0 Å². The molecule has 5 nitrogen and oxygen atoms in total. The molecular weight excluding hydrogens is 314 g/mol. The van der Waals surface area contributed by atoms with Crippen LogP contribution in [0.2, 0.25) is 0 Å². The molecule has 0 saturated carbocycles. The summed E-state index contributed by atoms with van der Waals surface area (Å²) in [6.45, 7) is 12.4. The molecule has 0 spiro atoms. The van der Waals surface area contributed by atoms with Gasteiger partial charge in [0.15, 0.2) is 0 Å². The number of hydrogen-bond acceptors (Lipinski definition) is 3. The van der Waals surface area contributed by atoms with Crippen molar-refractivity contribution in [3.63, 3.8) is 0 Å². The molecule has 2 amide bonds. The maximum absolute atomic E-state index is 12.4. The first-order valence-corrected chi connectivity index (χ1v) is 9.03. The Morgan fingerprint density at radius 2 is 1.72 bits per heavy atom. The Morgan fingerprint density at radius 1 is 1.12 bits per heavy atom. The minimum absolute atomic E-state index is 0.0213. The smallest absolute Gasteiger partial charge is 0.313 e. The van der Waals surface area contributed by atoms with Crippen LogP contribution in [0.25, 0.3) is 0 Å². The van der Waals surface area contributed by atoms with Crippen LogP contribution < -0.4 is 16.0 Å². The molecule has 5 heteroatoms. The first kappa shape index (κ1) is 19.4. The van der Waals surface area contributed by atoms with E-state index in [9.17, 15) is 9.59 Å². The van der Waals surface area contributed by atoms with Crippen LogP contribution >= 0.6 is 0 Å². The zero-order chi connectivity index (χ0) is 18.8. The average molecular weight is 345 g/mol. The summed E-state index contributed by atoms with van der Waals surface area (Å²) in [5, 5.41) is 9.28. The number of benzene rings is 1. The Balaban J connectivity index is 2.05. The van der Waals surface area contributed by atoms with Crippen molar-refractivity contribution < 1.29 is 9.59 Å². The van der Waals surface area contributed by atoms with Crippen LogP contribution in [0.4, 0.5) is 5.69 Å². The van der Waals surface area contributed by atoms with Gasteiger partial charge in [-0.2, -0.15) is 0 Å². The molecule has 0 aromatic heterocycles. The summed E-state index contributed by atoms with van der Waals surface area (Å²) in [5.41, 5.74) is 2.58. The highest BCUT2D eigenvalue weighted by atomic mass is 16.2. The van der Waals surface area contributed by atoms with Gasteiger partial charge in [-0.05, 0) is 65.0 Å². The van der Waals surface area contributed by atoms with Gasteiger partial charge >= 0.3 is 11.8 Å². The Kier molecular flexibility index (Phi) is 5.57. The van der Waals surface area contributed by atoms with Crippen molar-refractivity contribution >= 4 is 17.5 Å². The number of carbonyl (C=O) groups is 2. The van der Waals surface area contributed by atoms with E-state index < -0.39 is 11.8 Å². The number of piperidine rings is 1. The van der Waals surface area contributed by atoms with Gasteiger partial charge in [-0.1, -0.05) is 25.1 Å². The summed E-state index contributed by atoms with van der Waals surface area (Å²) >= 11 is 0. The molecule has 1 aromatic rings. The summed E-state index contributed by atoms with van der Waals surface area (Å²) in [7, 11) is 0. The lowest BCUT2D eigenvalue weighted by Gasteiger charge is -2.46. The molecule has 1 saturated heterocycles. The third-order valence-electron chi connectivity index (χ3n) is 4.71. The molecule has 138 valence electrons. The fraction of sp³-hybridized carbons (Fsp3) is 0.600. The molecule has 1 heterocycles. The molecule has 3 N–H and O–H groups in total. The van der Waals surface area contributed by atoms with E-state index in [1.54, 1.807) is 0 Å². The highest BCUT2D eigenvalue weighted by molar-refractivity contribution is 6.39. The molecule has 1 fully saturated rings. The third-order valence-corrected chi connectivity index (χ3v) is 4.71. The van der Waals surface area contributed by atoms with E-state index in [2.05, 4.69) is 43.6 Å². The number of anilines is 1. The van der Waals surface area contributed by atoms with Crippen molar-refractivity contribution in [3.05, 3.63) is 29.3 Å². The molecule has 1 aliphatic rings. The van der Waals surface area contributed by atoms with Crippen LogP contribution in [0.3, 0.4) is 0 Å². The fourth-order valence-corrected chi connectivity index (χ4v) is 4.05. The normalized spacial score (nSPS) is 19.3. The summed E-state index contributed by atoms with van der Waals surface area (Å²) in [4.78, 5) is 24.8. The lowest BCUT2D eigenvalue weighted by Crippen LogP contribution is -2.62. The maximum atomic E-state index is 12.4. The van der Waals surface area contributed by atoms with Gasteiger partial charge in [0.25, 0.3) is 0 Å². The Bertz CT molecular complexity index is 649. The number of nitrogens with one attached hydrogen (secondary N) is 3. The Labute approximate surface area is 151 Å². The molecule has 0 unspecified atom stereocenters. The highest BCUT2D eigenvalue weighted by Crippen LogP contribution is 2.28. The zero-order valence-corrected chi connectivity index (χ0v) is 16.2. The monoisotopic (exact) mass is 345 g/mol. The SMILES string of the molecule is CCc1cccc(C)c1NC(=O)C(=O)NC1CC(C)(C)NC(C)(C)C1. The van der Waals surface area contributed by atoms with Gasteiger partial charge in [-0.25, -0.2) is 0 Å². The molecule has 1 aromatic carbocycles. The highest BCUT2D eigenvalue weighted by Gasteiger charge is 2.38. The van der Waals surface area contributed by atoms with Crippen LogP contribution in [0.15, 0.2) is 18.2 Å². The summed E-state index contributed by atoms with van der Waals surface area (Å²) in [6, 6.07) is 5.85. The largest absolute Gasteiger partial charge is 0.345 e. The van der Waals surface area contributed by atoms with Crippen molar-refractivity contribution in [2.45, 2.75) is 77.9 Å². The first-order chi connectivity index (χ1) is 11.5. The van der Waals surface area contributed by atoms with E-state index in [0.717, 1.165) is 36.1 Å². The van der Waals surface area contributed by atoms with Gasteiger partial charge in [0.05, 0.1) is 0 Å². The quantitative estimate of drug-likeness (QED) is 0.738. The number of hydrogen-bond donors (Lipinski definition) is 3. The molecule has 0 bridgehead atoms. The molecular formula is C20H31N3O2. The average Bonchev–Trinajstić information content (AvgIpc) is 2.45. The van der Waals surface area contributed by atoms with Gasteiger partial charge in [0.2, 0.25) is 0 Å². The number of amides is 2. The first-order valence-electron chi connectivity index (χ1n) is 9.03. The van der Waals surface area contributed by atoms with Crippen LogP contribution in [-0.2, 0) is 16.0 Å². The lowest BCUT2D eigenvalue weighted by molar-refractivity contribution is -0.137. The number of aryl methyl sites for hydroxylation is 2. The minimum Gasteiger partial charge on any atom is -0.345 e. The van der Waals surface area contributed by atoms with E-state index in [1.165, 1.54) is 0 Å². The number of rotatable bonds is 3. The zero-order valence-electron chi connectivity index (χ0n) is 16.2. The van der Waals surface area contributed by atoms with Gasteiger partial charge in [0, 0.05) is 22.8 Å². The van der Waals surface area contributed by atoms with Crippen LogP contribution in [0, 0.1) is 6.92 Å². The Hall–Kier alpha value is -1.88. The maximum Gasteiger partial charge on any atom is 0.313 e. The van der Waals surface area contributed by atoms with E-state index in [0.29, 0.717) is 0 Å². The molecule has 0 aliphatic carbocycles. The van der Waals surface area contributed by atoms with E-state index in [-0.39, 0.29) is 17.1 Å². The number of carbonyl (C=O) groups excluding carboxylic acids is 2. The van der Waals surface area contributed by atoms with Crippen molar-refractivity contribution in [2.75, 3.05) is 5.32 Å². The minimum atomic E-state index is -0.599. The van der Waals surface area contributed by atoms with Crippen molar-refractivity contribution in [1.29, 1.82) is 0 Å². The molecule has 0 radical (unpaired) electrons. The van der Waals surface area contributed by atoms with Gasteiger partial charge < -0.3 is 16.0 Å². The molecule has 2 rings (SSSR count). The summed E-state index contributed by atoms with van der Waals surface area (Å²) < 4.78 is 0. The topological polar surface area (TPSA) is 70.2 Å². The summed E-state index contributed by atoms with van der Waals surface area (Å²) in [5.74, 6) is -1.16. The van der Waals surface area contributed by atoms with E-state index >= 15 is 0 Å². The van der Waals surface area contributed by atoms with Crippen molar-refractivity contribution in [2.24, 2.45) is 0 Å². The second kappa shape index (κ2) is 7.16. The standard InChI is InChI=1S/C20H31N3O2/c1-7-14-10-8-9-13(2)16(14)22-18(25)17(24)21-15-11-19(3,4)23-20(5,6)12-15/h8-10,15,23H,7,11-12H2,1-6H3,(H,21,24)(H,22,25). The van der Waals surface area contributed by atoms with Gasteiger partial charge in [-0.3, -0.25) is 9.59 Å².